The lowest BCUT2D eigenvalue weighted by molar-refractivity contribution is 0.353. The first-order chi connectivity index (χ1) is 12.9. The van der Waals surface area contributed by atoms with Crippen LogP contribution in [0.5, 0.6) is 11.9 Å². The fourth-order valence-electron chi connectivity index (χ4n) is 3.39. The number of nitrogens with zero attached hydrogens (tertiary/aromatic N) is 6. The van der Waals surface area contributed by atoms with Crippen molar-refractivity contribution in [3.05, 3.63) is 24.4 Å². The molecule has 1 aliphatic rings. The molecule has 0 aromatic carbocycles. The first kappa shape index (κ1) is 17.4. The molecule has 8 nitrogen and oxygen atoms in total. The van der Waals surface area contributed by atoms with Crippen LogP contribution in [-0.4, -0.2) is 51.9 Å². The molecular weight excluding hydrogens is 351 g/mol. The summed E-state index contributed by atoms with van der Waals surface area (Å²) in [6, 6.07) is 1.97. The second kappa shape index (κ2) is 6.33. The summed E-state index contributed by atoms with van der Waals surface area (Å²) in [4.78, 5) is 14.8. The minimum Gasteiger partial charge on any atom is -0.480 e. The van der Waals surface area contributed by atoms with Crippen LogP contribution in [0.2, 0.25) is 0 Å². The van der Waals surface area contributed by atoms with Crippen LogP contribution >= 0.6 is 0 Å². The van der Waals surface area contributed by atoms with Gasteiger partial charge >= 0.3 is 6.01 Å². The highest BCUT2D eigenvalue weighted by Crippen LogP contribution is 2.35. The lowest BCUT2D eigenvalue weighted by Gasteiger charge is -2.21. The van der Waals surface area contributed by atoms with E-state index in [1.807, 2.05) is 0 Å². The molecule has 0 spiro atoms. The summed E-state index contributed by atoms with van der Waals surface area (Å²) in [5.74, 6) is 0.489. The summed E-state index contributed by atoms with van der Waals surface area (Å²) in [6.45, 7) is 6.16. The third-order valence-corrected chi connectivity index (χ3v) is 4.79. The van der Waals surface area contributed by atoms with Crippen LogP contribution in [0.1, 0.15) is 20.3 Å². The predicted octanol–water partition coefficient (Wildman–Crippen LogP) is 2.58. The van der Waals surface area contributed by atoms with E-state index in [1.54, 1.807) is 12.3 Å². The Kier molecular flexibility index (Phi) is 4.09. The second-order valence-electron chi connectivity index (χ2n) is 7.35. The highest BCUT2D eigenvalue weighted by molar-refractivity contribution is 5.77. The fraction of sp³-hybridized carbons (Fsp3) is 0.444. The van der Waals surface area contributed by atoms with Crippen molar-refractivity contribution in [2.45, 2.75) is 20.3 Å². The van der Waals surface area contributed by atoms with Gasteiger partial charge in [0.05, 0.1) is 26.0 Å². The van der Waals surface area contributed by atoms with Crippen LogP contribution in [0, 0.1) is 11.4 Å². The second-order valence-corrected chi connectivity index (χ2v) is 7.35. The lowest BCUT2D eigenvalue weighted by atomic mass is 9.93. The number of methoxy groups -OCH3 is 2. The van der Waals surface area contributed by atoms with Gasteiger partial charge in [0.15, 0.2) is 5.82 Å². The molecule has 1 fully saturated rings. The number of rotatable bonds is 4. The number of hydrogen-bond acceptors (Lipinski definition) is 7. The fourth-order valence-corrected chi connectivity index (χ4v) is 3.39. The quantitative estimate of drug-likeness (QED) is 0.696. The van der Waals surface area contributed by atoms with Crippen LogP contribution in [0.3, 0.4) is 0 Å². The lowest BCUT2D eigenvalue weighted by Crippen LogP contribution is -2.24. The smallest absolute Gasteiger partial charge is 0.319 e. The predicted molar refractivity (Wildman–Crippen MR) is 97.7 cm³/mol. The van der Waals surface area contributed by atoms with Crippen molar-refractivity contribution in [3.8, 4) is 23.1 Å². The Morgan fingerprint density at radius 3 is 2.63 bits per heavy atom. The summed E-state index contributed by atoms with van der Waals surface area (Å²) in [7, 11) is 2.98. The molecular formula is C18H21FN6O2. The molecule has 0 aliphatic carbocycles. The van der Waals surface area contributed by atoms with Crippen LogP contribution in [0.4, 0.5) is 10.2 Å². The molecule has 4 rings (SSSR count). The van der Waals surface area contributed by atoms with E-state index < -0.39 is 5.95 Å². The third-order valence-electron chi connectivity index (χ3n) is 4.79. The zero-order valence-corrected chi connectivity index (χ0v) is 15.7. The molecule has 3 aromatic rings. The molecule has 3 aromatic heterocycles. The zero-order chi connectivity index (χ0) is 19.2. The van der Waals surface area contributed by atoms with Gasteiger partial charge in [-0.25, -0.2) is 14.5 Å². The van der Waals surface area contributed by atoms with Gasteiger partial charge < -0.3 is 14.4 Å². The monoisotopic (exact) mass is 372 g/mol. The van der Waals surface area contributed by atoms with Crippen molar-refractivity contribution in [2.24, 2.45) is 5.41 Å². The molecule has 142 valence electrons. The molecule has 0 radical (unpaired) electrons. The Labute approximate surface area is 156 Å². The first-order valence-electron chi connectivity index (χ1n) is 8.66. The number of anilines is 1. The van der Waals surface area contributed by atoms with E-state index in [4.69, 9.17) is 9.47 Å². The van der Waals surface area contributed by atoms with Gasteiger partial charge in [0.1, 0.15) is 11.2 Å². The highest BCUT2D eigenvalue weighted by Gasteiger charge is 2.31. The molecule has 0 bridgehead atoms. The van der Waals surface area contributed by atoms with E-state index >= 15 is 0 Å². The van der Waals surface area contributed by atoms with Gasteiger partial charge in [-0.05, 0) is 17.9 Å². The molecule has 1 saturated heterocycles. The van der Waals surface area contributed by atoms with E-state index in [9.17, 15) is 4.39 Å². The summed E-state index contributed by atoms with van der Waals surface area (Å²) in [5, 5.41) is 4.39. The van der Waals surface area contributed by atoms with E-state index in [0.29, 0.717) is 28.5 Å². The van der Waals surface area contributed by atoms with E-state index in [1.165, 1.54) is 24.9 Å². The Bertz CT molecular complexity index is 1000. The van der Waals surface area contributed by atoms with Crippen LogP contribution in [0.25, 0.3) is 16.8 Å². The Hall–Kier alpha value is -2.97. The highest BCUT2D eigenvalue weighted by atomic mass is 19.1. The Morgan fingerprint density at radius 2 is 1.96 bits per heavy atom. The number of ether oxygens (including phenoxy) is 2. The normalized spacial score (nSPS) is 16.1. The standard InChI is InChI=1S/C18H21FN6O2/c1-18(2)5-6-24(10-18)15-13-7-12(23-25(13)14(19)9-20-15)11-8-21-17(27-4)22-16(11)26-3/h7-9H,5-6,10H2,1-4H3. The maximum absolute atomic E-state index is 14.4. The molecule has 0 atom stereocenters. The molecule has 4 heterocycles. The van der Waals surface area contributed by atoms with Crippen molar-refractivity contribution in [3.63, 3.8) is 0 Å². The van der Waals surface area contributed by atoms with Crippen molar-refractivity contribution >= 4 is 11.3 Å². The van der Waals surface area contributed by atoms with Crippen molar-refractivity contribution in [2.75, 3.05) is 32.2 Å². The number of aromatic nitrogens is 5. The van der Waals surface area contributed by atoms with E-state index in [0.717, 1.165) is 19.5 Å². The third kappa shape index (κ3) is 3.02. The van der Waals surface area contributed by atoms with E-state index in [2.05, 4.69) is 38.8 Å². The molecule has 0 unspecified atom stereocenters. The van der Waals surface area contributed by atoms with Gasteiger partial charge in [-0.3, -0.25) is 0 Å². The molecule has 9 heteroatoms. The Morgan fingerprint density at radius 1 is 1.15 bits per heavy atom. The van der Waals surface area contributed by atoms with Gasteiger partial charge in [0, 0.05) is 19.3 Å². The zero-order valence-electron chi connectivity index (χ0n) is 15.7. The summed E-state index contributed by atoms with van der Waals surface area (Å²) >= 11 is 0. The maximum atomic E-state index is 14.4. The molecule has 0 amide bonds. The average molecular weight is 372 g/mol. The topological polar surface area (TPSA) is 77.7 Å². The van der Waals surface area contributed by atoms with Crippen molar-refractivity contribution < 1.29 is 13.9 Å². The minimum absolute atomic E-state index is 0.187. The first-order valence-corrected chi connectivity index (χ1v) is 8.66. The van der Waals surface area contributed by atoms with Crippen molar-refractivity contribution in [1.29, 1.82) is 0 Å². The van der Waals surface area contributed by atoms with Gasteiger partial charge in [-0.15, -0.1) is 0 Å². The van der Waals surface area contributed by atoms with Crippen molar-refractivity contribution in [1.82, 2.24) is 24.6 Å². The summed E-state index contributed by atoms with van der Waals surface area (Å²) in [6.07, 6.45) is 3.81. The maximum Gasteiger partial charge on any atom is 0.319 e. The molecule has 1 aliphatic heterocycles. The summed E-state index contributed by atoms with van der Waals surface area (Å²) in [5.41, 5.74) is 1.85. The minimum atomic E-state index is -0.535. The Balaban J connectivity index is 1.83. The van der Waals surface area contributed by atoms with Crippen LogP contribution in [0.15, 0.2) is 18.5 Å². The SMILES string of the molecule is COc1ncc(-c2cc3c(N4CCC(C)(C)C4)ncc(F)n3n2)c(OC)n1. The van der Waals surface area contributed by atoms with Gasteiger partial charge in [-0.2, -0.15) is 14.5 Å². The van der Waals surface area contributed by atoms with Crippen LogP contribution in [-0.2, 0) is 0 Å². The number of fused-ring (bicyclic) bond motifs is 1. The number of halogens is 1. The van der Waals surface area contributed by atoms with E-state index in [-0.39, 0.29) is 11.4 Å². The van der Waals surface area contributed by atoms with Crippen LogP contribution < -0.4 is 14.4 Å². The largest absolute Gasteiger partial charge is 0.480 e. The summed E-state index contributed by atoms with van der Waals surface area (Å²) < 4.78 is 26.0. The van der Waals surface area contributed by atoms with Gasteiger partial charge in [0.25, 0.3) is 0 Å². The number of hydrogen-bond donors (Lipinski definition) is 0. The van der Waals surface area contributed by atoms with Gasteiger partial charge in [0.2, 0.25) is 11.8 Å². The molecule has 27 heavy (non-hydrogen) atoms. The average Bonchev–Trinajstić information content (AvgIpc) is 3.25. The molecule has 0 saturated carbocycles. The van der Waals surface area contributed by atoms with Gasteiger partial charge in [-0.1, -0.05) is 13.8 Å². The molecule has 0 N–H and O–H groups in total.